The van der Waals surface area contributed by atoms with Gasteiger partial charge in [0.05, 0.1) is 22.8 Å². The molecule has 1 atom stereocenters. The van der Waals surface area contributed by atoms with E-state index in [2.05, 4.69) is 15.7 Å². The van der Waals surface area contributed by atoms with Crippen molar-refractivity contribution in [3.8, 4) is 28.8 Å². The Morgan fingerprint density at radius 2 is 1.93 bits per heavy atom. The van der Waals surface area contributed by atoms with Crippen LogP contribution in [0.25, 0.3) is 16.9 Å². The van der Waals surface area contributed by atoms with E-state index in [1.807, 2.05) is 0 Å². The van der Waals surface area contributed by atoms with E-state index in [9.17, 15) is 21.6 Å². The molecule has 0 radical (unpaired) electrons. The summed E-state index contributed by atoms with van der Waals surface area (Å²) in [5, 5.41) is 20.6. The van der Waals surface area contributed by atoms with Crippen molar-refractivity contribution in [2.24, 2.45) is 5.92 Å². The zero-order valence-electron chi connectivity index (χ0n) is 22.3. The van der Waals surface area contributed by atoms with E-state index in [1.54, 1.807) is 35.2 Å². The van der Waals surface area contributed by atoms with Crippen LogP contribution >= 0.6 is 0 Å². The quantitative estimate of drug-likeness (QED) is 0.403. The second kappa shape index (κ2) is 12.4. The van der Waals surface area contributed by atoms with Gasteiger partial charge in [0.1, 0.15) is 23.4 Å². The van der Waals surface area contributed by atoms with E-state index in [0.717, 1.165) is 32.4 Å². The van der Waals surface area contributed by atoms with Gasteiger partial charge in [0.15, 0.2) is 15.6 Å². The van der Waals surface area contributed by atoms with Crippen LogP contribution in [0.5, 0.6) is 5.75 Å². The second-order valence-corrected chi connectivity index (χ2v) is 12.5. The number of aromatic nitrogens is 2. The zero-order chi connectivity index (χ0) is 29.0. The minimum Gasteiger partial charge on any atom is -0.432 e. The van der Waals surface area contributed by atoms with E-state index < -0.39 is 22.3 Å². The zero-order valence-corrected chi connectivity index (χ0v) is 23.1. The van der Waals surface area contributed by atoms with Crippen molar-refractivity contribution in [2.75, 3.05) is 54.4 Å². The first-order valence-electron chi connectivity index (χ1n) is 13.5. The Morgan fingerprint density at radius 1 is 1.12 bits per heavy atom. The normalized spacial score (nSPS) is 19.0. The SMILES string of the molecule is N#Cc1ccc(-c2cc(NCC3CCCNCC3)nn2-c2ccc(N3CCS(=O)(=O)CC3)cc2OC(F)F)cc1F. The van der Waals surface area contributed by atoms with E-state index in [4.69, 9.17) is 10.00 Å². The summed E-state index contributed by atoms with van der Waals surface area (Å²) < 4.78 is 71.9. The predicted octanol–water partition coefficient (Wildman–Crippen LogP) is 4.19. The van der Waals surface area contributed by atoms with Crippen LogP contribution in [-0.4, -0.2) is 69.0 Å². The van der Waals surface area contributed by atoms with Crippen molar-refractivity contribution in [1.29, 1.82) is 5.26 Å². The molecule has 0 saturated carbocycles. The van der Waals surface area contributed by atoms with E-state index in [-0.39, 0.29) is 41.6 Å². The number of hydrogen-bond donors (Lipinski definition) is 2. The van der Waals surface area contributed by atoms with Crippen molar-refractivity contribution >= 4 is 21.3 Å². The molecule has 3 heterocycles. The molecule has 13 heteroatoms. The first kappa shape index (κ1) is 28.8. The molecule has 2 aromatic carbocycles. The largest absolute Gasteiger partial charge is 0.432 e. The van der Waals surface area contributed by atoms with Crippen molar-refractivity contribution in [3.05, 3.63) is 53.8 Å². The Hall–Kier alpha value is -3.76. The summed E-state index contributed by atoms with van der Waals surface area (Å²) >= 11 is 0. The molecule has 218 valence electrons. The summed E-state index contributed by atoms with van der Waals surface area (Å²) in [6.07, 6.45) is 3.13. The molecule has 0 spiro atoms. The van der Waals surface area contributed by atoms with E-state index in [1.165, 1.54) is 22.9 Å². The maximum Gasteiger partial charge on any atom is 0.387 e. The minimum absolute atomic E-state index is 0.0283. The van der Waals surface area contributed by atoms with Gasteiger partial charge in [0.25, 0.3) is 0 Å². The molecule has 41 heavy (non-hydrogen) atoms. The fourth-order valence-electron chi connectivity index (χ4n) is 5.20. The molecule has 2 fully saturated rings. The first-order valence-corrected chi connectivity index (χ1v) is 15.3. The third-order valence-corrected chi connectivity index (χ3v) is 9.07. The molecular formula is C28H31F3N6O3S. The fourth-order valence-corrected chi connectivity index (χ4v) is 6.40. The number of hydrogen-bond acceptors (Lipinski definition) is 8. The van der Waals surface area contributed by atoms with Crippen molar-refractivity contribution < 1.29 is 26.3 Å². The number of anilines is 2. The van der Waals surface area contributed by atoms with Crippen LogP contribution in [0.2, 0.25) is 0 Å². The lowest BCUT2D eigenvalue weighted by molar-refractivity contribution is -0.0498. The Balaban J connectivity index is 1.53. The van der Waals surface area contributed by atoms with Crippen LogP contribution < -0.4 is 20.3 Å². The summed E-state index contributed by atoms with van der Waals surface area (Å²) in [4.78, 5) is 1.80. The molecule has 2 saturated heterocycles. The number of nitriles is 1. The van der Waals surface area contributed by atoms with Gasteiger partial charge in [0, 0.05) is 43.0 Å². The Bertz CT molecular complexity index is 1520. The molecule has 2 aliphatic rings. The molecule has 3 aromatic rings. The molecular weight excluding hydrogens is 557 g/mol. The highest BCUT2D eigenvalue weighted by Crippen LogP contribution is 2.35. The number of ether oxygens (including phenoxy) is 1. The highest BCUT2D eigenvalue weighted by atomic mass is 32.2. The summed E-state index contributed by atoms with van der Waals surface area (Å²) in [7, 11) is -3.13. The smallest absolute Gasteiger partial charge is 0.387 e. The lowest BCUT2D eigenvalue weighted by Gasteiger charge is -2.29. The fraction of sp³-hybridized carbons (Fsp3) is 0.429. The van der Waals surface area contributed by atoms with Crippen LogP contribution in [0.15, 0.2) is 42.5 Å². The van der Waals surface area contributed by atoms with Gasteiger partial charge in [-0.1, -0.05) is 6.07 Å². The third kappa shape index (κ3) is 6.94. The molecule has 1 unspecified atom stereocenters. The van der Waals surface area contributed by atoms with Crippen LogP contribution in [-0.2, 0) is 9.84 Å². The minimum atomic E-state index is -3.13. The number of nitrogens with zero attached hydrogens (tertiary/aromatic N) is 4. The number of sulfone groups is 1. The van der Waals surface area contributed by atoms with Gasteiger partial charge in [-0.25, -0.2) is 17.5 Å². The number of nitrogens with one attached hydrogen (secondary N) is 2. The molecule has 2 N–H and O–H groups in total. The topological polar surface area (TPSA) is 112 Å². The van der Waals surface area contributed by atoms with Gasteiger partial charge in [-0.3, -0.25) is 0 Å². The van der Waals surface area contributed by atoms with Gasteiger partial charge in [-0.05, 0) is 62.5 Å². The Morgan fingerprint density at radius 3 is 2.66 bits per heavy atom. The van der Waals surface area contributed by atoms with Gasteiger partial charge < -0.3 is 20.3 Å². The summed E-state index contributed by atoms with van der Waals surface area (Å²) in [6.45, 7) is -0.0816. The van der Waals surface area contributed by atoms with E-state index >= 15 is 0 Å². The standard InChI is InChI=1S/C28H31F3N6O3S/c29-23-14-20(3-4-21(23)17-32)25-16-27(34-18-19-2-1-8-33-9-7-19)35-37(25)24-6-5-22(15-26(24)40-28(30)31)36-10-12-41(38,39)13-11-36/h3-6,14-16,19,28,33H,1-2,7-13,18H2,(H,34,35). The van der Waals surface area contributed by atoms with Gasteiger partial charge in [0.2, 0.25) is 0 Å². The van der Waals surface area contributed by atoms with Crippen LogP contribution in [0.3, 0.4) is 0 Å². The number of benzene rings is 2. The highest BCUT2D eigenvalue weighted by Gasteiger charge is 2.25. The second-order valence-electron chi connectivity index (χ2n) is 10.2. The summed E-state index contributed by atoms with van der Waals surface area (Å²) in [5.41, 5.74) is 1.43. The molecule has 0 amide bonds. The molecule has 5 rings (SSSR count). The average molecular weight is 589 g/mol. The highest BCUT2D eigenvalue weighted by molar-refractivity contribution is 7.91. The molecule has 1 aromatic heterocycles. The monoisotopic (exact) mass is 588 g/mol. The van der Waals surface area contributed by atoms with Crippen LogP contribution in [0.4, 0.5) is 24.7 Å². The lowest BCUT2D eigenvalue weighted by Crippen LogP contribution is -2.40. The molecule has 9 nitrogen and oxygen atoms in total. The predicted molar refractivity (Wildman–Crippen MR) is 150 cm³/mol. The third-order valence-electron chi connectivity index (χ3n) is 7.46. The number of alkyl halides is 2. The van der Waals surface area contributed by atoms with Crippen molar-refractivity contribution in [3.63, 3.8) is 0 Å². The number of rotatable bonds is 8. The van der Waals surface area contributed by atoms with Crippen molar-refractivity contribution in [1.82, 2.24) is 15.1 Å². The molecule has 0 aliphatic carbocycles. The van der Waals surface area contributed by atoms with Gasteiger partial charge >= 0.3 is 6.61 Å². The number of halogens is 3. The van der Waals surface area contributed by atoms with Gasteiger partial charge in [-0.2, -0.15) is 14.0 Å². The molecule has 0 bridgehead atoms. The van der Waals surface area contributed by atoms with Gasteiger partial charge in [-0.15, -0.1) is 5.10 Å². The maximum atomic E-state index is 14.6. The molecule has 2 aliphatic heterocycles. The lowest BCUT2D eigenvalue weighted by atomic mass is 10.0. The summed E-state index contributed by atoms with van der Waals surface area (Å²) in [6, 6.07) is 12.4. The van der Waals surface area contributed by atoms with Crippen molar-refractivity contribution in [2.45, 2.75) is 25.9 Å². The Labute approximate surface area is 236 Å². The van der Waals surface area contributed by atoms with Crippen LogP contribution in [0.1, 0.15) is 24.8 Å². The van der Waals surface area contributed by atoms with Crippen LogP contribution in [0, 0.1) is 23.1 Å². The summed E-state index contributed by atoms with van der Waals surface area (Å²) in [5.74, 6) is -0.0196. The maximum absolute atomic E-state index is 14.6. The average Bonchev–Trinajstić information content (AvgIpc) is 3.18. The first-order chi connectivity index (χ1) is 19.7. The van der Waals surface area contributed by atoms with E-state index in [0.29, 0.717) is 35.2 Å². The Kier molecular flexibility index (Phi) is 8.70.